The number of nitrogens with one attached hydrogen (secondary N) is 3. The topological polar surface area (TPSA) is 160 Å². The second-order valence-corrected chi connectivity index (χ2v) is 6.43. The van der Waals surface area contributed by atoms with Crippen LogP contribution in [0, 0.1) is 5.41 Å². The van der Waals surface area contributed by atoms with Gasteiger partial charge in [0.2, 0.25) is 0 Å². The van der Waals surface area contributed by atoms with Crippen LogP contribution in [0.15, 0.2) is 54.3 Å². The Labute approximate surface area is 158 Å². The first-order valence-electron chi connectivity index (χ1n) is 7.88. The fraction of sp³-hybridized carbons (Fsp3) is 0.118. The van der Waals surface area contributed by atoms with E-state index in [0.717, 1.165) is 5.56 Å². The van der Waals surface area contributed by atoms with Crippen molar-refractivity contribution in [2.24, 2.45) is 11.5 Å². The standard InChI is InChI=1S/C17H21N7O2S/c1-21-8-13(7-19)12-5-15-14(22-9-12)2-3-17(23-15)24-16(20)4-11(6-18)10-27(25)26/h2-9,19,21,27H,10,18,20H2,1H3,(H,23,24)/b11-6+,13-8+,16-4+,19-7?. The smallest absolute Gasteiger partial charge is 0.144 e. The number of hydrogen-bond acceptors (Lipinski definition) is 9. The number of anilines is 1. The number of aromatic nitrogens is 2. The monoisotopic (exact) mass is 387 g/mol. The fourth-order valence-electron chi connectivity index (χ4n) is 2.28. The zero-order chi connectivity index (χ0) is 19.8. The molecule has 2 rings (SSSR count). The number of rotatable bonds is 8. The number of fused-ring (bicyclic) bond motifs is 1. The molecule has 0 aromatic carbocycles. The van der Waals surface area contributed by atoms with Gasteiger partial charge in [-0.1, -0.05) is 0 Å². The molecule has 2 heterocycles. The molecule has 0 radical (unpaired) electrons. The van der Waals surface area contributed by atoms with Crippen molar-refractivity contribution < 1.29 is 8.42 Å². The van der Waals surface area contributed by atoms with Gasteiger partial charge < -0.3 is 27.5 Å². The van der Waals surface area contributed by atoms with Crippen LogP contribution in [-0.4, -0.2) is 37.4 Å². The van der Waals surface area contributed by atoms with Gasteiger partial charge in [0.1, 0.15) is 22.3 Å². The molecular weight excluding hydrogens is 366 g/mol. The molecule has 7 N–H and O–H groups in total. The predicted octanol–water partition coefficient (Wildman–Crippen LogP) is 0.506. The van der Waals surface area contributed by atoms with E-state index < -0.39 is 10.7 Å². The Morgan fingerprint density at radius 1 is 1.33 bits per heavy atom. The van der Waals surface area contributed by atoms with E-state index in [1.165, 1.54) is 18.5 Å². The normalized spacial score (nSPS) is 13.0. The highest BCUT2D eigenvalue weighted by Crippen LogP contribution is 2.19. The number of thiol groups is 1. The summed E-state index contributed by atoms with van der Waals surface area (Å²) in [6, 6.07) is 5.30. The van der Waals surface area contributed by atoms with Crippen LogP contribution < -0.4 is 22.1 Å². The second kappa shape index (κ2) is 9.34. The largest absolute Gasteiger partial charge is 0.404 e. The highest BCUT2D eigenvalue weighted by molar-refractivity contribution is 7.72. The SMILES string of the molecule is CN/C=C(\C=N)c1cnc2ccc(N/C(N)=C/C(=C\N)C[SH](=O)=O)nc2c1. The van der Waals surface area contributed by atoms with Crippen molar-refractivity contribution in [2.45, 2.75) is 0 Å². The first-order valence-corrected chi connectivity index (χ1v) is 9.25. The highest BCUT2D eigenvalue weighted by atomic mass is 32.2. The van der Waals surface area contributed by atoms with E-state index in [9.17, 15) is 8.42 Å². The van der Waals surface area contributed by atoms with Crippen molar-refractivity contribution in [3.63, 3.8) is 0 Å². The van der Waals surface area contributed by atoms with Crippen LogP contribution in [0.5, 0.6) is 0 Å². The van der Waals surface area contributed by atoms with Crippen molar-refractivity contribution in [1.82, 2.24) is 15.3 Å². The van der Waals surface area contributed by atoms with Crippen LogP contribution in [-0.2, 0) is 10.7 Å². The van der Waals surface area contributed by atoms with Gasteiger partial charge in [-0.15, -0.1) is 0 Å². The van der Waals surface area contributed by atoms with Gasteiger partial charge in [-0.3, -0.25) is 4.98 Å². The first kappa shape index (κ1) is 19.9. The highest BCUT2D eigenvalue weighted by Gasteiger charge is 2.05. The third kappa shape index (κ3) is 5.54. The Morgan fingerprint density at radius 2 is 2.11 bits per heavy atom. The van der Waals surface area contributed by atoms with E-state index in [2.05, 4.69) is 20.6 Å². The molecule has 2 aromatic heterocycles. The van der Waals surface area contributed by atoms with Crippen molar-refractivity contribution in [2.75, 3.05) is 18.1 Å². The lowest BCUT2D eigenvalue weighted by atomic mass is 10.1. The summed E-state index contributed by atoms with van der Waals surface area (Å²) in [5.74, 6) is 0.471. The van der Waals surface area contributed by atoms with E-state index in [4.69, 9.17) is 16.9 Å². The zero-order valence-electron chi connectivity index (χ0n) is 14.6. The Kier molecular flexibility index (Phi) is 6.89. The second-order valence-electron chi connectivity index (χ2n) is 5.45. The zero-order valence-corrected chi connectivity index (χ0v) is 15.5. The molecule has 0 aliphatic heterocycles. The summed E-state index contributed by atoms with van der Waals surface area (Å²) in [5.41, 5.74) is 14.4. The summed E-state index contributed by atoms with van der Waals surface area (Å²) in [4.78, 5) is 8.81. The van der Waals surface area contributed by atoms with Crippen LogP contribution >= 0.6 is 0 Å². The summed E-state index contributed by atoms with van der Waals surface area (Å²) in [6.07, 6.45) is 7.22. The number of pyridine rings is 2. The van der Waals surface area contributed by atoms with Crippen LogP contribution in [0.25, 0.3) is 16.6 Å². The minimum atomic E-state index is -2.60. The van der Waals surface area contributed by atoms with Crippen molar-refractivity contribution >= 4 is 39.3 Å². The molecule has 0 aliphatic rings. The van der Waals surface area contributed by atoms with Crippen LogP contribution in [0.3, 0.4) is 0 Å². The number of allylic oxidation sites excluding steroid dienone is 2. The van der Waals surface area contributed by atoms with Crippen LogP contribution in [0.2, 0.25) is 0 Å². The summed E-state index contributed by atoms with van der Waals surface area (Å²) >= 11 is 0. The molecule has 0 saturated heterocycles. The molecule has 0 saturated carbocycles. The fourth-order valence-corrected chi connectivity index (χ4v) is 2.77. The van der Waals surface area contributed by atoms with Gasteiger partial charge in [0.15, 0.2) is 0 Å². The minimum Gasteiger partial charge on any atom is -0.404 e. The maximum Gasteiger partial charge on any atom is 0.144 e. The minimum absolute atomic E-state index is 0.198. The lowest BCUT2D eigenvalue weighted by molar-refractivity contribution is 0.616. The van der Waals surface area contributed by atoms with Gasteiger partial charge >= 0.3 is 0 Å². The molecule has 10 heteroatoms. The molecule has 9 nitrogen and oxygen atoms in total. The summed E-state index contributed by atoms with van der Waals surface area (Å²) in [7, 11) is -0.852. The molecule has 0 atom stereocenters. The third-order valence-electron chi connectivity index (χ3n) is 3.47. The number of nitrogens with two attached hydrogens (primary N) is 2. The molecule has 0 aliphatic carbocycles. The van der Waals surface area contributed by atoms with Crippen LogP contribution in [0.1, 0.15) is 5.56 Å². The van der Waals surface area contributed by atoms with Gasteiger partial charge in [0, 0.05) is 36.8 Å². The summed E-state index contributed by atoms with van der Waals surface area (Å²) in [6.45, 7) is 0. The molecule has 0 amide bonds. The molecule has 27 heavy (non-hydrogen) atoms. The maximum atomic E-state index is 10.8. The van der Waals surface area contributed by atoms with E-state index in [1.54, 1.807) is 31.6 Å². The molecule has 0 unspecified atom stereocenters. The van der Waals surface area contributed by atoms with Gasteiger partial charge in [0.25, 0.3) is 0 Å². The van der Waals surface area contributed by atoms with E-state index in [-0.39, 0.29) is 11.6 Å². The molecule has 0 spiro atoms. The van der Waals surface area contributed by atoms with E-state index in [0.29, 0.717) is 28.0 Å². The average Bonchev–Trinajstić information content (AvgIpc) is 2.64. The molecular formula is C17H21N7O2S. The lowest BCUT2D eigenvalue weighted by Gasteiger charge is -2.08. The average molecular weight is 387 g/mol. The van der Waals surface area contributed by atoms with Gasteiger partial charge in [-0.2, -0.15) is 0 Å². The Morgan fingerprint density at radius 3 is 2.74 bits per heavy atom. The Hall–Kier alpha value is -3.40. The van der Waals surface area contributed by atoms with Crippen molar-refractivity contribution in [1.29, 1.82) is 5.41 Å². The van der Waals surface area contributed by atoms with E-state index >= 15 is 0 Å². The molecule has 2 aromatic rings. The Bertz CT molecular complexity index is 1000. The van der Waals surface area contributed by atoms with Gasteiger partial charge in [0.05, 0.1) is 16.8 Å². The van der Waals surface area contributed by atoms with Gasteiger partial charge in [-0.05, 0) is 36.0 Å². The van der Waals surface area contributed by atoms with Crippen LogP contribution in [0.4, 0.5) is 5.82 Å². The van der Waals surface area contributed by atoms with Gasteiger partial charge in [-0.25, -0.2) is 13.4 Å². The number of nitrogens with zero attached hydrogens (tertiary/aromatic N) is 2. The quantitative estimate of drug-likeness (QED) is 0.217. The molecule has 0 fully saturated rings. The van der Waals surface area contributed by atoms with Crippen molar-refractivity contribution in [3.05, 3.63) is 59.8 Å². The third-order valence-corrected chi connectivity index (χ3v) is 4.09. The summed E-state index contributed by atoms with van der Waals surface area (Å²) in [5, 5.41) is 13.3. The van der Waals surface area contributed by atoms with Crippen molar-refractivity contribution in [3.8, 4) is 0 Å². The predicted molar refractivity (Wildman–Crippen MR) is 109 cm³/mol. The molecule has 0 bridgehead atoms. The summed E-state index contributed by atoms with van der Waals surface area (Å²) < 4.78 is 21.6. The molecule has 142 valence electrons. The lowest BCUT2D eigenvalue weighted by Crippen LogP contribution is -2.11. The maximum absolute atomic E-state index is 10.8. The Balaban J connectivity index is 2.31. The number of hydrogen-bond donors (Lipinski definition) is 6. The van der Waals surface area contributed by atoms with E-state index in [1.807, 2.05) is 6.07 Å². The first-order chi connectivity index (χ1) is 13.0.